The first kappa shape index (κ1) is 7.06. The van der Waals surface area contributed by atoms with Crippen LogP contribution in [0.2, 0.25) is 0 Å². The Morgan fingerprint density at radius 2 is 2.20 bits per heavy atom. The van der Waals surface area contributed by atoms with E-state index < -0.39 is 0 Å². The van der Waals surface area contributed by atoms with Crippen LogP contribution in [0, 0.1) is 13.1 Å². The van der Waals surface area contributed by atoms with Crippen LogP contribution in [-0.4, -0.2) is 19.1 Å². The largest absolute Gasteiger partial charge is 0.376 e. The second-order valence-corrected chi connectivity index (χ2v) is 2.54. The second-order valence-electron chi connectivity index (χ2n) is 2.54. The molecule has 1 heterocycles. The summed E-state index contributed by atoms with van der Waals surface area (Å²) in [7, 11) is 3.96. The normalized spacial score (nSPS) is 9.50. The molecule has 2 heteroatoms. The molecule has 0 unspecified atom stereocenters. The fourth-order valence-corrected chi connectivity index (χ4v) is 0.715. The van der Waals surface area contributed by atoms with Crippen LogP contribution in [-0.2, 0) is 0 Å². The van der Waals surface area contributed by atoms with E-state index in [-0.39, 0.29) is 0 Å². The zero-order valence-corrected chi connectivity index (χ0v) is 6.55. The first-order chi connectivity index (χ1) is 4.70. The fourth-order valence-electron chi connectivity index (χ4n) is 0.715. The maximum Gasteiger partial charge on any atom is 0.114 e. The summed E-state index contributed by atoms with van der Waals surface area (Å²) in [6.07, 6.45) is 4.68. The lowest BCUT2D eigenvalue weighted by atomic mass is 10.3. The predicted molar refractivity (Wildman–Crippen MR) is 42.1 cm³/mol. The van der Waals surface area contributed by atoms with E-state index in [0.717, 1.165) is 5.69 Å². The van der Waals surface area contributed by atoms with Crippen LogP contribution < -0.4 is 4.90 Å². The molecule has 1 rings (SSSR count). The minimum Gasteiger partial charge on any atom is -0.376 e. The molecule has 2 nitrogen and oxygen atoms in total. The highest BCUT2D eigenvalue weighted by atomic mass is 15.1. The van der Waals surface area contributed by atoms with E-state index in [1.54, 1.807) is 6.20 Å². The van der Waals surface area contributed by atoms with Gasteiger partial charge in [-0.1, -0.05) is 0 Å². The molecule has 0 aliphatic heterocycles. The number of aryl methyl sites for hydroxylation is 1. The quantitative estimate of drug-likeness (QED) is 0.576. The van der Waals surface area contributed by atoms with Gasteiger partial charge in [-0.2, -0.15) is 0 Å². The number of aromatic nitrogens is 1. The molecular weight excluding hydrogens is 124 g/mol. The molecule has 1 aromatic heterocycles. The summed E-state index contributed by atoms with van der Waals surface area (Å²) in [4.78, 5) is 5.92. The van der Waals surface area contributed by atoms with Gasteiger partial charge in [0.25, 0.3) is 0 Å². The number of rotatable bonds is 1. The molecule has 0 amide bonds. The van der Waals surface area contributed by atoms with Crippen molar-refractivity contribution in [3.63, 3.8) is 0 Å². The van der Waals surface area contributed by atoms with E-state index in [1.165, 1.54) is 5.56 Å². The molecule has 0 aromatic carbocycles. The summed E-state index contributed by atoms with van der Waals surface area (Å²) in [5.41, 5.74) is 2.20. The Hall–Kier alpha value is -1.05. The van der Waals surface area contributed by atoms with Crippen molar-refractivity contribution in [3.05, 3.63) is 24.0 Å². The number of hydrogen-bond donors (Lipinski definition) is 0. The average Bonchev–Trinajstić information content (AvgIpc) is 1.88. The van der Waals surface area contributed by atoms with E-state index in [9.17, 15) is 0 Å². The summed E-state index contributed by atoms with van der Waals surface area (Å²) in [5.74, 6) is 0. The fraction of sp³-hybridized carbons (Fsp3) is 0.375. The van der Waals surface area contributed by atoms with Gasteiger partial charge < -0.3 is 4.90 Å². The summed E-state index contributed by atoms with van der Waals surface area (Å²) in [6, 6.07) is 2.05. The molecular formula is C8H11N2. The first-order valence-electron chi connectivity index (χ1n) is 3.22. The number of pyridine rings is 1. The highest BCUT2D eigenvalue weighted by Crippen LogP contribution is 2.08. The van der Waals surface area contributed by atoms with Gasteiger partial charge in [-0.3, -0.25) is 4.98 Å². The molecule has 1 aromatic rings. The van der Waals surface area contributed by atoms with E-state index >= 15 is 0 Å². The monoisotopic (exact) mass is 135 g/mol. The molecule has 0 atom stereocenters. The Bertz CT molecular complexity index is 218. The van der Waals surface area contributed by atoms with Crippen molar-refractivity contribution in [2.24, 2.45) is 0 Å². The van der Waals surface area contributed by atoms with Crippen molar-refractivity contribution in [3.8, 4) is 0 Å². The van der Waals surface area contributed by atoms with Gasteiger partial charge in [-0.05, 0) is 18.6 Å². The Balaban J connectivity index is 2.96. The van der Waals surface area contributed by atoms with Crippen molar-refractivity contribution < 1.29 is 0 Å². The lowest BCUT2D eigenvalue weighted by Gasteiger charge is -2.10. The standard InChI is InChI=1S/C8H11N2/c1-7-4-8(10(2)3)6-9-5-7/h4-5H,1-3H3. The first-order valence-corrected chi connectivity index (χ1v) is 3.22. The highest BCUT2D eigenvalue weighted by molar-refractivity contribution is 5.42. The molecule has 0 aliphatic rings. The lowest BCUT2D eigenvalue weighted by Crippen LogP contribution is -2.08. The summed E-state index contributed by atoms with van der Waals surface area (Å²) >= 11 is 0. The highest BCUT2D eigenvalue weighted by Gasteiger charge is 1.93. The number of hydrogen-bond acceptors (Lipinski definition) is 2. The molecule has 0 N–H and O–H groups in total. The second kappa shape index (κ2) is 2.69. The minimum atomic E-state index is 1.03. The maximum atomic E-state index is 3.94. The topological polar surface area (TPSA) is 16.1 Å². The van der Waals surface area contributed by atoms with Crippen molar-refractivity contribution in [2.75, 3.05) is 19.0 Å². The van der Waals surface area contributed by atoms with Crippen LogP contribution >= 0.6 is 0 Å². The summed E-state index contributed by atoms with van der Waals surface area (Å²) < 4.78 is 0. The van der Waals surface area contributed by atoms with Crippen molar-refractivity contribution in [2.45, 2.75) is 6.92 Å². The van der Waals surface area contributed by atoms with Gasteiger partial charge in [0.05, 0.1) is 5.69 Å². The zero-order valence-electron chi connectivity index (χ0n) is 6.55. The molecule has 0 bridgehead atoms. The molecule has 10 heavy (non-hydrogen) atoms. The van der Waals surface area contributed by atoms with Gasteiger partial charge in [0.2, 0.25) is 0 Å². The number of anilines is 1. The van der Waals surface area contributed by atoms with Crippen molar-refractivity contribution >= 4 is 5.69 Å². The van der Waals surface area contributed by atoms with Gasteiger partial charge in [0, 0.05) is 20.3 Å². The van der Waals surface area contributed by atoms with Crippen molar-refractivity contribution in [1.82, 2.24) is 4.98 Å². The van der Waals surface area contributed by atoms with Crippen LogP contribution in [0.15, 0.2) is 12.3 Å². The third-order valence-electron chi connectivity index (χ3n) is 1.29. The molecule has 53 valence electrons. The third-order valence-corrected chi connectivity index (χ3v) is 1.29. The maximum absolute atomic E-state index is 3.94. The molecule has 0 aliphatic carbocycles. The van der Waals surface area contributed by atoms with Gasteiger partial charge >= 0.3 is 0 Å². The molecule has 0 saturated heterocycles. The molecule has 0 spiro atoms. The third kappa shape index (κ3) is 1.47. The van der Waals surface area contributed by atoms with Crippen molar-refractivity contribution in [1.29, 1.82) is 0 Å². The van der Waals surface area contributed by atoms with E-state index in [1.807, 2.05) is 32.0 Å². The molecule has 0 fully saturated rings. The predicted octanol–water partition coefficient (Wildman–Crippen LogP) is 1.26. The Morgan fingerprint density at radius 3 is 2.60 bits per heavy atom. The van der Waals surface area contributed by atoms with Crippen LogP contribution in [0.25, 0.3) is 0 Å². The summed E-state index contributed by atoms with van der Waals surface area (Å²) in [5, 5.41) is 0. The van der Waals surface area contributed by atoms with Crippen LogP contribution in [0.5, 0.6) is 0 Å². The van der Waals surface area contributed by atoms with Gasteiger partial charge in [-0.15, -0.1) is 0 Å². The van der Waals surface area contributed by atoms with Crippen LogP contribution in [0.3, 0.4) is 0 Å². The van der Waals surface area contributed by atoms with E-state index in [2.05, 4.69) is 11.2 Å². The Labute approximate surface area is 61.5 Å². The SMILES string of the molecule is Cc1cn[c]c(N(C)C)c1. The van der Waals surface area contributed by atoms with Crippen LogP contribution in [0.4, 0.5) is 5.69 Å². The smallest absolute Gasteiger partial charge is 0.114 e. The minimum absolute atomic E-state index is 1.03. The Kier molecular flexibility index (Phi) is 1.90. The molecule has 1 radical (unpaired) electrons. The number of nitrogens with zero attached hydrogens (tertiary/aromatic N) is 2. The van der Waals surface area contributed by atoms with Crippen LogP contribution in [0.1, 0.15) is 5.56 Å². The van der Waals surface area contributed by atoms with E-state index in [4.69, 9.17) is 0 Å². The average molecular weight is 135 g/mol. The van der Waals surface area contributed by atoms with Gasteiger partial charge in [-0.25, -0.2) is 0 Å². The van der Waals surface area contributed by atoms with E-state index in [0.29, 0.717) is 0 Å². The zero-order chi connectivity index (χ0) is 7.56. The van der Waals surface area contributed by atoms with Gasteiger partial charge in [0.15, 0.2) is 0 Å². The van der Waals surface area contributed by atoms with Gasteiger partial charge in [0.1, 0.15) is 6.20 Å². The Morgan fingerprint density at radius 1 is 1.50 bits per heavy atom. The summed E-state index contributed by atoms with van der Waals surface area (Å²) in [6.45, 7) is 2.02. The molecule has 0 saturated carbocycles. The lowest BCUT2D eigenvalue weighted by molar-refractivity contribution is 1.10.